The molecule has 60 valence electrons. The second-order valence-electron chi connectivity index (χ2n) is 4.22. The van der Waals surface area contributed by atoms with Gasteiger partial charge >= 0.3 is 0 Å². The second-order valence-corrected chi connectivity index (χ2v) is 4.22. The molecule has 11 heavy (non-hydrogen) atoms. The lowest BCUT2D eigenvalue weighted by atomic mass is 9.88. The van der Waals surface area contributed by atoms with E-state index in [2.05, 4.69) is 51.1 Å². The van der Waals surface area contributed by atoms with Crippen molar-refractivity contribution in [2.45, 2.75) is 27.2 Å². The minimum absolute atomic E-state index is 0.404. The lowest BCUT2D eigenvalue weighted by molar-refractivity contribution is 0.411. The van der Waals surface area contributed by atoms with Gasteiger partial charge in [0.05, 0.1) is 0 Å². The highest BCUT2D eigenvalue weighted by molar-refractivity contribution is 5.15. The van der Waals surface area contributed by atoms with E-state index in [1.807, 2.05) is 0 Å². The summed E-state index contributed by atoms with van der Waals surface area (Å²) in [6, 6.07) is 10.6. The van der Waals surface area contributed by atoms with Gasteiger partial charge < -0.3 is 0 Å². The van der Waals surface area contributed by atoms with Crippen molar-refractivity contribution in [2.75, 3.05) is 0 Å². The Balaban J connectivity index is 2.66. The van der Waals surface area contributed by atoms with Crippen molar-refractivity contribution in [1.29, 1.82) is 0 Å². The van der Waals surface area contributed by atoms with Gasteiger partial charge in [-0.3, -0.25) is 0 Å². The SMILES string of the molecule is CC(C)(C)Cc1ccccc1. The van der Waals surface area contributed by atoms with Gasteiger partial charge in [0.15, 0.2) is 0 Å². The van der Waals surface area contributed by atoms with E-state index in [1.165, 1.54) is 5.56 Å². The van der Waals surface area contributed by atoms with Gasteiger partial charge in [-0.15, -0.1) is 0 Å². The standard InChI is InChI=1S/C11H16/c1-11(2,3)9-10-7-5-4-6-8-10/h4-8H,9H2,1-3H3. The van der Waals surface area contributed by atoms with Gasteiger partial charge in [0, 0.05) is 0 Å². The van der Waals surface area contributed by atoms with Crippen LogP contribution in [0.2, 0.25) is 0 Å². The Kier molecular flexibility index (Phi) is 2.33. The summed E-state index contributed by atoms with van der Waals surface area (Å²) in [5, 5.41) is 0. The average Bonchev–Trinajstić information content (AvgIpc) is 1.85. The van der Waals surface area contributed by atoms with Gasteiger partial charge in [-0.05, 0) is 17.4 Å². The first-order valence-electron chi connectivity index (χ1n) is 4.12. The van der Waals surface area contributed by atoms with Crippen molar-refractivity contribution in [3.05, 3.63) is 35.9 Å². The van der Waals surface area contributed by atoms with Crippen LogP contribution in [0.25, 0.3) is 0 Å². The van der Waals surface area contributed by atoms with E-state index < -0.39 is 0 Å². The third-order valence-electron chi connectivity index (χ3n) is 1.58. The van der Waals surface area contributed by atoms with Crippen molar-refractivity contribution in [3.8, 4) is 0 Å². The van der Waals surface area contributed by atoms with E-state index in [0.29, 0.717) is 5.41 Å². The van der Waals surface area contributed by atoms with Crippen LogP contribution >= 0.6 is 0 Å². The molecule has 1 aromatic rings. The molecule has 0 radical (unpaired) electrons. The van der Waals surface area contributed by atoms with Gasteiger partial charge in [0.1, 0.15) is 0 Å². The third-order valence-corrected chi connectivity index (χ3v) is 1.58. The van der Waals surface area contributed by atoms with E-state index in [4.69, 9.17) is 0 Å². The number of hydrogen-bond acceptors (Lipinski definition) is 0. The highest BCUT2D eigenvalue weighted by atomic mass is 14.1. The molecule has 0 saturated carbocycles. The summed E-state index contributed by atoms with van der Waals surface area (Å²) in [6.45, 7) is 6.79. The zero-order valence-electron chi connectivity index (χ0n) is 7.59. The Hall–Kier alpha value is -0.780. The Morgan fingerprint density at radius 3 is 2.00 bits per heavy atom. The zero-order valence-corrected chi connectivity index (χ0v) is 7.59. The molecule has 0 unspecified atom stereocenters. The first kappa shape index (κ1) is 8.32. The van der Waals surface area contributed by atoms with Crippen LogP contribution < -0.4 is 0 Å². The maximum atomic E-state index is 2.26. The van der Waals surface area contributed by atoms with Crippen molar-refractivity contribution >= 4 is 0 Å². The Morgan fingerprint density at radius 2 is 1.55 bits per heavy atom. The van der Waals surface area contributed by atoms with Gasteiger partial charge in [-0.25, -0.2) is 0 Å². The van der Waals surface area contributed by atoms with Crippen molar-refractivity contribution in [2.24, 2.45) is 5.41 Å². The molecule has 0 bridgehead atoms. The van der Waals surface area contributed by atoms with Crippen LogP contribution in [-0.2, 0) is 6.42 Å². The van der Waals surface area contributed by atoms with Crippen LogP contribution in [0.3, 0.4) is 0 Å². The maximum Gasteiger partial charge on any atom is -0.0230 e. The molecular weight excluding hydrogens is 132 g/mol. The molecule has 0 saturated heterocycles. The fourth-order valence-corrected chi connectivity index (χ4v) is 1.21. The quantitative estimate of drug-likeness (QED) is 0.573. The third kappa shape index (κ3) is 3.22. The molecule has 0 aliphatic carbocycles. The fraction of sp³-hybridized carbons (Fsp3) is 0.455. The summed E-state index contributed by atoms with van der Waals surface area (Å²) >= 11 is 0. The normalized spacial score (nSPS) is 11.5. The first-order chi connectivity index (χ1) is 5.08. The molecule has 0 heterocycles. The van der Waals surface area contributed by atoms with Crippen LogP contribution in [0.1, 0.15) is 26.3 Å². The van der Waals surface area contributed by atoms with Gasteiger partial charge in [-0.1, -0.05) is 51.1 Å². The summed E-state index contributed by atoms with van der Waals surface area (Å²) < 4.78 is 0. The van der Waals surface area contributed by atoms with Crippen molar-refractivity contribution < 1.29 is 0 Å². The summed E-state index contributed by atoms with van der Waals surface area (Å²) in [5.41, 5.74) is 1.83. The molecule has 0 aliphatic rings. The molecule has 0 fully saturated rings. The van der Waals surface area contributed by atoms with Crippen LogP contribution in [-0.4, -0.2) is 0 Å². The minimum Gasteiger partial charge on any atom is -0.0622 e. The molecule has 0 atom stereocenters. The molecular formula is C11H16. The Labute approximate surface area is 69.3 Å². The number of hydrogen-bond donors (Lipinski definition) is 0. The summed E-state index contributed by atoms with van der Waals surface area (Å²) in [4.78, 5) is 0. The van der Waals surface area contributed by atoms with Crippen molar-refractivity contribution in [1.82, 2.24) is 0 Å². The lowest BCUT2D eigenvalue weighted by Gasteiger charge is -2.17. The summed E-state index contributed by atoms with van der Waals surface area (Å²) in [5.74, 6) is 0. The van der Waals surface area contributed by atoms with Crippen LogP contribution in [0.4, 0.5) is 0 Å². The van der Waals surface area contributed by atoms with E-state index >= 15 is 0 Å². The average molecular weight is 148 g/mol. The molecule has 0 spiro atoms. The molecule has 0 aromatic heterocycles. The highest BCUT2D eigenvalue weighted by Crippen LogP contribution is 2.19. The Bertz CT molecular complexity index is 203. The predicted molar refractivity (Wildman–Crippen MR) is 49.6 cm³/mol. The maximum absolute atomic E-state index is 2.26. The number of rotatable bonds is 1. The van der Waals surface area contributed by atoms with E-state index in [1.54, 1.807) is 0 Å². The minimum atomic E-state index is 0.404. The lowest BCUT2D eigenvalue weighted by Crippen LogP contribution is -2.08. The summed E-state index contributed by atoms with van der Waals surface area (Å²) in [7, 11) is 0. The molecule has 0 N–H and O–H groups in total. The topological polar surface area (TPSA) is 0 Å². The van der Waals surface area contributed by atoms with E-state index in [0.717, 1.165) is 6.42 Å². The zero-order chi connectivity index (χ0) is 8.32. The predicted octanol–water partition coefficient (Wildman–Crippen LogP) is 3.28. The van der Waals surface area contributed by atoms with Gasteiger partial charge in [-0.2, -0.15) is 0 Å². The highest BCUT2D eigenvalue weighted by Gasteiger charge is 2.09. The smallest absolute Gasteiger partial charge is 0.0230 e. The van der Waals surface area contributed by atoms with Crippen LogP contribution in [0.15, 0.2) is 30.3 Å². The van der Waals surface area contributed by atoms with E-state index in [-0.39, 0.29) is 0 Å². The molecule has 1 rings (SSSR count). The Morgan fingerprint density at radius 1 is 1.00 bits per heavy atom. The van der Waals surface area contributed by atoms with Gasteiger partial charge in [0.25, 0.3) is 0 Å². The van der Waals surface area contributed by atoms with Crippen molar-refractivity contribution in [3.63, 3.8) is 0 Å². The molecule has 0 nitrogen and oxygen atoms in total. The second kappa shape index (κ2) is 3.08. The summed E-state index contributed by atoms with van der Waals surface area (Å²) in [6.07, 6.45) is 1.16. The first-order valence-corrected chi connectivity index (χ1v) is 4.12. The van der Waals surface area contributed by atoms with Gasteiger partial charge in [0.2, 0.25) is 0 Å². The van der Waals surface area contributed by atoms with Crippen LogP contribution in [0.5, 0.6) is 0 Å². The molecule has 1 aromatic carbocycles. The molecule has 0 aliphatic heterocycles. The largest absolute Gasteiger partial charge is 0.0622 e. The fourth-order valence-electron chi connectivity index (χ4n) is 1.21. The van der Waals surface area contributed by atoms with Crippen LogP contribution in [0, 0.1) is 5.41 Å². The van der Waals surface area contributed by atoms with E-state index in [9.17, 15) is 0 Å². The molecule has 0 heteroatoms. The molecule has 0 amide bonds. The monoisotopic (exact) mass is 148 g/mol. The number of benzene rings is 1.